The Morgan fingerprint density at radius 3 is 2.62 bits per heavy atom. The van der Waals surface area contributed by atoms with Gasteiger partial charge in [-0.15, -0.1) is 0 Å². The lowest BCUT2D eigenvalue weighted by Gasteiger charge is -2.32. The molecule has 1 atom stereocenters. The zero-order valence-electron chi connectivity index (χ0n) is 15.3. The molecule has 1 aromatic rings. The van der Waals surface area contributed by atoms with E-state index >= 15 is 0 Å². The first kappa shape index (κ1) is 19.3. The molecule has 1 unspecified atom stereocenters. The summed E-state index contributed by atoms with van der Waals surface area (Å²) in [5, 5.41) is 3.07. The normalized spacial score (nSPS) is 23.3. The summed E-state index contributed by atoms with van der Waals surface area (Å²) in [6, 6.07) is 6.33. The first-order valence-electron chi connectivity index (χ1n) is 9.49. The monoisotopic (exact) mass is 380 g/mol. The number of ether oxygens (including phenoxy) is 1. The number of nitrogens with zero attached hydrogens (tertiary/aromatic N) is 1. The van der Waals surface area contributed by atoms with E-state index in [0.29, 0.717) is 25.3 Å². The molecule has 2 fully saturated rings. The number of nitrogens with one attached hydrogen (secondary N) is 1. The number of carbonyl (C=O) groups excluding carboxylic acids is 1. The van der Waals surface area contributed by atoms with Gasteiger partial charge in [-0.1, -0.05) is 31.7 Å². The molecule has 1 aliphatic heterocycles. The number of morpholine rings is 1. The van der Waals surface area contributed by atoms with Gasteiger partial charge in [0, 0.05) is 24.2 Å². The van der Waals surface area contributed by atoms with Gasteiger partial charge in [-0.05, 0) is 38.0 Å². The van der Waals surface area contributed by atoms with Crippen LogP contribution in [0.4, 0.5) is 0 Å². The number of rotatable bonds is 4. The van der Waals surface area contributed by atoms with Crippen molar-refractivity contribution in [2.45, 2.75) is 62.4 Å². The van der Waals surface area contributed by atoms with Crippen molar-refractivity contribution in [1.82, 2.24) is 9.62 Å². The molecule has 1 saturated heterocycles. The average molecular weight is 381 g/mol. The lowest BCUT2D eigenvalue weighted by molar-refractivity contribution is 0.0392. The molecule has 26 heavy (non-hydrogen) atoms. The zero-order valence-corrected chi connectivity index (χ0v) is 16.1. The number of sulfonamides is 1. The smallest absolute Gasteiger partial charge is 0.251 e. The summed E-state index contributed by atoms with van der Waals surface area (Å²) in [6.45, 7) is 2.95. The Kier molecular flexibility index (Phi) is 6.32. The molecule has 1 amide bonds. The molecular formula is C19H28N2O4S. The van der Waals surface area contributed by atoms with Crippen LogP contribution >= 0.6 is 0 Å². The molecular weight excluding hydrogens is 352 g/mol. The number of hydrogen-bond acceptors (Lipinski definition) is 4. The summed E-state index contributed by atoms with van der Waals surface area (Å²) in [7, 11) is -3.63. The maximum Gasteiger partial charge on any atom is 0.251 e. The van der Waals surface area contributed by atoms with Crippen molar-refractivity contribution in [3.8, 4) is 0 Å². The van der Waals surface area contributed by atoms with Gasteiger partial charge in [-0.2, -0.15) is 4.31 Å². The summed E-state index contributed by atoms with van der Waals surface area (Å²) in [6.07, 6.45) is 6.70. The van der Waals surface area contributed by atoms with Crippen molar-refractivity contribution in [2.24, 2.45) is 0 Å². The number of amides is 1. The molecule has 0 bridgehead atoms. The van der Waals surface area contributed by atoms with Gasteiger partial charge in [0.1, 0.15) is 0 Å². The zero-order chi connectivity index (χ0) is 18.6. The Morgan fingerprint density at radius 2 is 1.92 bits per heavy atom. The van der Waals surface area contributed by atoms with E-state index < -0.39 is 10.0 Å². The first-order valence-corrected chi connectivity index (χ1v) is 10.9. The molecule has 1 saturated carbocycles. The second-order valence-corrected chi connectivity index (χ2v) is 9.12. The maximum atomic E-state index is 12.9. The minimum atomic E-state index is -3.63. The lowest BCUT2D eigenvalue weighted by Crippen LogP contribution is -2.47. The van der Waals surface area contributed by atoms with Gasteiger partial charge in [0.15, 0.2) is 0 Å². The van der Waals surface area contributed by atoms with Crippen LogP contribution in [0.25, 0.3) is 0 Å². The fourth-order valence-electron chi connectivity index (χ4n) is 3.69. The van der Waals surface area contributed by atoms with E-state index in [9.17, 15) is 13.2 Å². The van der Waals surface area contributed by atoms with Crippen molar-refractivity contribution < 1.29 is 17.9 Å². The SMILES string of the molecule is CC1COCCN1S(=O)(=O)c1cccc(C(=O)NC2CCCCCC2)c1. The molecule has 0 spiro atoms. The van der Waals surface area contributed by atoms with Crippen LogP contribution in [0, 0.1) is 0 Å². The topological polar surface area (TPSA) is 75.7 Å². The third-order valence-corrected chi connectivity index (χ3v) is 7.21. The lowest BCUT2D eigenvalue weighted by atomic mass is 10.1. The molecule has 1 aliphatic carbocycles. The minimum absolute atomic E-state index is 0.166. The van der Waals surface area contributed by atoms with E-state index in [4.69, 9.17) is 4.74 Å². The Bertz CT molecular complexity index is 727. The van der Waals surface area contributed by atoms with Gasteiger partial charge in [0.25, 0.3) is 5.91 Å². The van der Waals surface area contributed by atoms with Crippen LogP contribution in [0.2, 0.25) is 0 Å². The summed E-state index contributed by atoms with van der Waals surface area (Å²) < 4.78 is 32.7. The predicted octanol–water partition coefficient (Wildman–Crippen LogP) is 2.55. The van der Waals surface area contributed by atoms with Crippen molar-refractivity contribution in [2.75, 3.05) is 19.8 Å². The van der Waals surface area contributed by atoms with Crippen molar-refractivity contribution in [3.63, 3.8) is 0 Å². The van der Waals surface area contributed by atoms with E-state index in [-0.39, 0.29) is 22.9 Å². The highest BCUT2D eigenvalue weighted by atomic mass is 32.2. The molecule has 6 nitrogen and oxygen atoms in total. The van der Waals surface area contributed by atoms with E-state index in [1.807, 2.05) is 6.92 Å². The van der Waals surface area contributed by atoms with E-state index in [1.165, 1.54) is 23.2 Å². The average Bonchev–Trinajstić information content (AvgIpc) is 2.90. The summed E-state index contributed by atoms with van der Waals surface area (Å²) >= 11 is 0. The summed E-state index contributed by atoms with van der Waals surface area (Å²) in [5.74, 6) is -0.191. The number of hydrogen-bond donors (Lipinski definition) is 1. The molecule has 0 aromatic heterocycles. The maximum absolute atomic E-state index is 12.9. The van der Waals surface area contributed by atoms with Crippen LogP contribution in [0.3, 0.4) is 0 Å². The predicted molar refractivity (Wildman–Crippen MR) is 99.6 cm³/mol. The fraction of sp³-hybridized carbons (Fsp3) is 0.632. The quantitative estimate of drug-likeness (QED) is 0.815. The Morgan fingerprint density at radius 1 is 1.19 bits per heavy atom. The third-order valence-electron chi connectivity index (χ3n) is 5.20. The Hall–Kier alpha value is -1.44. The molecule has 144 valence electrons. The van der Waals surface area contributed by atoms with Crippen LogP contribution in [-0.4, -0.2) is 50.5 Å². The molecule has 1 N–H and O–H groups in total. The molecule has 1 aromatic carbocycles. The van der Waals surface area contributed by atoms with E-state index in [0.717, 1.165) is 25.7 Å². The van der Waals surface area contributed by atoms with Gasteiger partial charge in [-0.3, -0.25) is 4.79 Å². The molecule has 2 aliphatic rings. The Labute approximate surface area is 156 Å². The number of benzene rings is 1. The second kappa shape index (κ2) is 8.50. The fourth-order valence-corrected chi connectivity index (χ4v) is 5.34. The van der Waals surface area contributed by atoms with Crippen LogP contribution in [0.5, 0.6) is 0 Å². The van der Waals surface area contributed by atoms with Crippen LogP contribution < -0.4 is 5.32 Å². The summed E-state index contributed by atoms with van der Waals surface area (Å²) in [5.41, 5.74) is 0.399. The van der Waals surface area contributed by atoms with Crippen LogP contribution in [0.1, 0.15) is 55.8 Å². The van der Waals surface area contributed by atoms with Gasteiger partial charge < -0.3 is 10.1 Å². The van der Waals surface area contributed by atoms with Crippen LogP contribution in [-0.2, 0) is 14.8 Å². The highest BCUT2D eigenvalue weighted by Crippen LogP contribution is 2.22. The molecule has 0 radical (unpaired) electrons. The van der Waals surface area contributed by atoms with Crippen LogP contribution in [0.15, 0.2) is 29.2 Å². The van der Waals surface area contributed by atoms with Crippen molar-refractivity contribution in [1.29, 1.82) is 0 Å². The van der Waals surface area contributed by atoms with Crippen molar-refractivity contribution in [3.05, 3.63) is 29.8 Å². The minimum Gasteiger partial charge on any atom is -0.378 e. The Balaban J connectivity index is 1.75. The first-order chi connectivity index (χ1) is 12.5. The largest absolute Gasteiger partial charge is 0.378 e. The third kappa shape index (κ3) is 4.45. The van der Waals surface area contributed by atoms with Crippen molar-refractivity contribution >= 4 is 15.9 Å². The van der Waals surface area contributed by atoms with Gasteiger partial charge in [-0.25, -0.2) is 8.42 Å². The molecule has 7 heteroatoms. The van der Waals surface area contributed by atoms with Gasteiger partial charge in [0.05, 0.1) is 18.1 Å². The highest BCUT2D eigenvalue weighted by Gasteiger charge is 2.31. The number of carbonyl (C=O) groups is 1. The molecule has 1 heterocycles. The van der Waals surface area contributed by atoms with Gasteiger partial charge in [0.2, 0.25) is 10.0 Å². The van der Waals surface area contributed by atoms with E-state index in [2.05, 4.69) is 5.32 Å². The van der Waals surface area contributed by atoms with E-state index in [1.54, 1.807) is 18.2 Å². The molecule has 3 rings (SSSR count). The van der Waals surface area contributed by atoms with Gasteiger partial charge >= 0.3 is 0 Å². The summed E-state index contributed by atoms with van der Waals surface area (Å²) in [4.78, 5) is 12.8. The second-order valence-electron chi connectivity index (χ2n) is 7.23. The standard InChI is InChI=1S/C19H28N2O4S/c1-15-14-25-12-11-21(15)26(23,24)18-10-6-7-16(13-18)19(22)20-17-8-4-2-3-5-9-17/h6-7,10,13,15,17H,2-5,8-9,11-12,14H2,1H3,(H,20,22). The highest BCUT2D eigenvalue weighted by molar-refractivity contribution is 7.89.